The van der Waals surface area contributed by atoms with Crippen LogP contribution in [0.2, 0.25) is 0 Å². The molecule has 0 rings (SSSR count). The molecule has 0 bridgehead atoms. The summed E-state index contributed by atoms with van der Waals surface area (Å²) in [4.78, 5) is 0. The van der Waals surface area contributed by atoms with Gasteiger partial charge in [-0.25, -0.2) is 0 Å². The highest BCUT2D eigenvalue weighted by atomic mass is 35.5. The van der Waals surface area contributed by atoms with Gasteiger partial charge in [0, 0.05) is 13.0 Å². The minimum Gasteiger partial charge on any atom is -0.381 e. The lowest BCUT2D eigenvalue weighted by Gasteiger charge is -2.12. The fourth-order valence-corrected chi connectivity index (χ4v) is 1.10. The molecule has 2 heteroatoms. The number of methoxy groups -OCH3 is 1. The van der Waals surface area contributed by atoms with Crippen molar-refractivity contribution in [1.29, 1.82) is 0 Å². The van der Waals surface area contributed by atoms with E-state index >= 15 is 0 Å². The molecule has 1 nitrogen and oxygen atoms in total. The largest absolute Gasteiger partial charge is 0.381 e. The third-order valence-electron chi connectivity index (χ3n) is 1.54. The zero-order valence-corrected chi connectivity index (χ0v) is 7.53. The lowest BCUT2D eigenvalue weighted by Crippen LogP contribution is -2.10. The van der Waals surface area contributed by atoms with Gasteiger partial charge in [-0.3, -0.25) is 0 Å². The minimum atomic E-state index is 0.355. The fourth-order valence-electron chi connectivity index (χ4n) is 0.854. The molecule has 10 heavy (non-hydrogen) atoms. The molecule has 0 saturated heterocycles. The first-order valence-corrected chi connectivity index (χ1v) is 4.25. The van der Waals surface area contributed by atoms with Gasteiger partial charge < -0.3 is 4.74 Å². The van der Waals surface area contributed by atoms with Crippen LogP contribution in [0.15, 0.2) is 0 Å². The Hall–Kier alpha value is 0.250. The fraction of sp³-hybridized carbons (Fsp3) is 0.875. The first-order valence-electron chi connectivity index (χ1n) is 3.71. The van der Waals surface area contributed by atoms with Crippen LogP contribution in [0.4, 0.5) is 0 Å². The van der Waals surface area contributed by atoms with Crippen LogP contribution in [-0.2, 0) is 4.74 Å². The predicted molar refractivity (Wildman–Crippen MR) is 45.3 cm³/mol. The van der Waals surface area contributed by atoms with Gasteiger partial charge in [-0.15, -0.1) is 11.6 Å². The third kappa shape index (κ3) is 5.07. The van der Waals surface area contributed by atoms with Crippen LogP contribution >= 0.6 is 11.6 Å². The molecule has 0 heterocycles. The molecule has 1 radical (unpaired) electrons. The lowest BCUT2D eigenvalue weighted by atomic mass is 10.1. The van der Waals surface area contributed by atoms with E-state index in [4.69, 9.17) is 16.3 Å². The summed E-state index contributed by atoms with van der Waals surface area (Å²) in [7, 11) is 1.74. The molecule has 1 unspecified atom stereocenters. The zero-order chi connectivity index (χ0) is 7.82. The van der Waals surface area contributed by atoms with Gasteiger partial charge in [0.15, 0.2) is 0 Å². The Morgan fingerprint density at radius 3 is 2.60 bits per heavy atom. The van der Waals surface area contributed by atoms with Crippen molar-refractivity contribution in [3.05, 3.63) is 6.42 Å². The molecule has 0 aromatic rings. The average Bonchev–Trinajstić information content (AvgIpc) is 1.98. The Bertz CT molecular complexity index is 66.3. The van der Waals surface area contributed by atoms with E-state index in [1.807, 2.05) is 0 Å². The summed E-state index contributed by atoms with van der Waals surface area (Å²) in [5.74, 6) is 0.697. The number of rotatable bonds is 6. The van der Waals surface area contributed by atoms with Crippen molar-refractivity contribution in [2.75, 3.05) is 13.0 Å². The quantitative estimate of drug-likeness (QED) is 0.547. The molecule has 0 amide bonds. The topological polar surface area (TPSA) is 9.23 Å². The van der Waals surface area contributed by atoms with Crippen LogP contribution in [0.1, 0.15) is 26.2 Å². The standard InChI is InChI=1S/C8H16ClO/c1-3-4-5-8(10-2)6-7-9/h3,8H,4-7H2,1-2H3. The van der Waals surface area contributed by atoms with Gasteiger partial charge in [0.25, 0.3) is 0 Å². The summed E-state index contributed by atoms with van der Waals surface area (Å²) in [6.07, 6.45) is 5.69. The van der Waals surface area contributed by atoms with E-state index in [0.717, 1.165) is 19.3 Å². The molecule has 0 saturated carbocycles. The number of alkyl halides is 1. The zero-order valence-electron chi connectivity index (χ0n) is 6.77. The molecule has 0 aromatic carbocycles. The number of unbranched alkanes of at least 4 members (excludes halogenated alkanes) is 1. The van der Waals surface area contributed by atoms with Crippen LogP contribution < -0.4 is 0 Å². The highest BCUT2D eigenvalue weighted by molar-refractivity contribution is 6.17. The van der Waals surface area contributed by atoms with Gasteiger partial charge >= 0.3 is 0 Å². The second-order valence-electron chi connectivity index (χ2n) is 2.32. The molecule has 0 aliphatic rings. The van der Waals surface area contributed by atoms with E-state index in [1.165, 1.54) is 0 Å². The van der Waals surface area contributed by atoms with Gasteiger partial charge in [0.05, 0.1) is 6.10 Å². The Kier molecular flexibility index (Phi) is 7.54. The first kappa shape index (κ1) is 10.2. The number of hydrogen-bond acceptors (Lipinski definition) is 1. The van der Waals surface area contributed by atoms with Crippen LogP contribution in [0.3, 0.4) is 0 Å². The third-order valence-corrected chi connectivity index (χ3v) is 1.76. The van der Waals surface area contributed by atoms with Crippen molar-refractivity contribution in [3.63, 3.8) is 0 Å². The van der Waals surface area contributed by atoms with E-state index in [9.17, 15) is 0 Å². The average molecular weight is 164 g/mol. The van der Waals surface area contributed by atoms with E-state index in [0.29, 0.717) is 12.0 Å². The minimum absolute atomic E-state index is 0.355. The van der Waals surface area contributed by atoms with Gasteiger partial charge in [-0.2, -0.15) is 0 Å². The van der Waals surface area contributed by atoms with E-state index in [2.05, 4.69) is 13.3 Å². The van der Waals surface area contributed by atoms with Gasteiger partial charge in [0.1, 0.15) is 0 Å². The highest BCUT2D eigenvalue weighted by Gasteiger charge is 2.03. The number of halogens is 1. The van der Waals surface area contributed by atoms with Crippen LogP contribution in [0, 0.1) is 6.42 Å². The smallest absolute Gasteiger partial charge is 0.0582 e. The van der Waals surface area contributed by atoms with E-state index in [-0.39, 0.29) is 0 Å². The monoisotopic (exact) mass is 163 g/mol. The van der Waals surface area contributed by atoms with E-state index in [1.54, 1.807) is 7.11 Å². The highest BCUT2D eigenvalue weighted by Crippen LogP contribution is 2.07. The van der Waals surface area contributed by atoms with Crippen molar-refractivity contribution in [2.45, 2.75) is 32.3 Å². The second-order valence-corrected chi connectivity index (χ2v) is 2.70. The molecule has 0 aliphatic carbocycles. The Balaban J connectivity index is 3.21. The van der Waals surface area contributed by atoms with E-state index < -0.39 is 0 Å². The molecule has 0 aliphatic heterocycles. The number of ether oxygens (including phenoxy) is 1. The Labute approximate surface area is 68.7 Å². The normalized spacial score (nSPS) is 13.5. The predicted octanol–water partition coefficient (Wildman–Crippen LogP) is 2.63. The molecular weight excluding hydrogens is 148 g/mol. The molecule has 61 valence electrons. The van der Waals surface area contributed by atoms with Crippen LogP contribution in [0.25, 0.3) is 0 Å². The van der Waals surface area contributed by atoms with Crippen molar-refractivity contribution >= 4 is 11.6 Å². The van der Waals surface area contributed by atoms with Crippen LogP contribution in [-0.4, -0.2) is 19.1 Å². The lowest BCUT2D eigenvalue weighted by molar-refractivity contribution is 0.0929. The Morgan fingerprint density at radius 2 is 2.20 bits per heavy atom. The summed E-state index contributed by atoms with van der Waals surface area (Å²) in [6.45, 7) is 2.06. The maximum absolute atomic E-state index is 5.56. The second kappa shape index (κ2) is 7.36. The van der Waals surface area contributed by atoms with Crippen molar-refractivity contribution in [2.24, 2.45) is 0 Å². The maximum Gasteiger partial charge on any atom is 0.0582 e. The van der Waals surface area contributed by atoms with Crippen molar-refractivity contribution in [3.8, 4) is 0 Å². The summed E-state index contributed by atoms with van der Waals surface area (Å²) < 4.78 is 5.19. The summed E-state index contributed by atoms with van der Waals surface area (Å²) >= 11 is 5.56. The molecule has 0 fully saturated rings. The molecular formula is C8H16ClO. The maximum atomic E-state index is 5.56. The summed E-state index contributed by atoms with van der Waals surface area (Å²) in [6, 6.07) is 0. The van der Waals surface area contributed by atoms with Crippen molar-refractivity contribution < 1.29 is 4.74 Å². The number of hydrogen-bond donors (Lipinski definition) is 0. The summed E-state index contributed by atoms with van der Waals surface area (Å²) in [5.41, 5.74) is 0. The Morgan fingerprint density at radius 1 is 1.50 bits per heavy atom. The van der Waals surface area contributed by atoms with Gasteiger partial charge in [-0.1, -0.05) is 6.92 Å². The molecule has 0 spiro atoms. The molecule has 1 atom stereocenters. The van der Waals surface area contributed by atoms with Gasteiger partial charge in [0.2, 0.25) is 0 Å². The van der Waals surface area contributed by atoms with Gasteiger partial charge in [-0.05, 0) is 25.7 Å². The molecule has 0 N–H and O–H groups in total. The molecule has 0 aromatic heterocycles. The van der Waals surface area contributed by atoms with Crippen LogP contribution in [0.5, 0.6) is 0 Å². The SMILES string of the molecule is C[CH]CCC(CCCl)OC. The van der Waals surface area contributed by atoms with Crippen molar-refractivity contribution in [1.82, 2.24) is 0 Å². The summed E-state index contributed by atoms with van der Waals surface area (Å²) in [5, 5.41) is 0. The first-order chi connectivity index (χ1) is 4.85.